The lowest BCUT2D eigenvalue weighted by molar-refractivity contribution is 0.273. The van der Waals surface area contributed by atoms with Crippen molar-refractivity contribution in [2.45, 2.75) is 38.5 Å². The van der Waals surface area contributed by atoms with Gasteiger partial charge in [-0.05, 0) is 45.2 Å². The van der Waals surface area contributed by atoms with Gasteiger partial charge in [-0.2, -0.15) is 0 Å². The van der Waals surface area contributed by atoms with E-state index in [9.17, 15) is 0 Å². The third-order valence-corrected chi connectivity index (χ3v) is 3.12. The Morgan fingerprint density at radius 1 is 0.846 bits per heavy atom. The maximum Gasteiger partial charge on any atom is 0.0400 e. The second-order valence-electron chi connectivity index (χ2n) is 4.20. The highest BCUT2D eigenvalue weighted by Gasteiger charge is 2.12. The first-order chi connectivity index (χ1) is 6.45. The molecule has 0 spiro atoms. The van der Waals surface area contributed by atoms with Crippen molar-refractivity contribution in [1.82, 2.24) is 4.90 Å². The average molecular weight is 180 g/mol. The molecule has 0 aromatic carbocycles. The molecule has 2 heterocycles. The molecule has 1 unspecified atom stereocenters. The molecule has 2 nitrogen and oxygen atoms in total. The minimum atomic E-state index is 1.08. The maximum absolute atomic E-state index is 4.67. The van der Waals surface area contributed by atoms with Gasteiger partial charge in [0.25, 0.3) is 0 Å². The Bertz CT molecular complexity index is 187. The normalized spacial score (nSPS) is 30.8. The topological polar surface area (TPSA) is 15.6 Å². The van der Waals surface area contributed by atoms with Crippen molar-refractivity contribution in [3.8, 4) is 0 Å². The Morgan fingerprint density at radius 2 is 1.77 bits per heavy atom. The zero-order valence-corrected chi connectivity index (χ0v) is 8.47. The van der Waals surface area contributed by atoms with Gasteiger partial charge in [-0.3, -0.25) is 4.99 Å². The lowest BCUT2D eigenvalue weighted by Crippen LogP contribution is -2.29. The predicted molar refractivity (Wildman–Crippen MR) is 56.4 cm³/mol. The van der Waals surface area contributed by atoms with Gasteiger partial charge < -0.3 is 4.90 Å². The van der Waals surface area contributed by atoms with Crippen LogP contribution in [0.4, 0.5) is 0 Å². The first-order valence-electron chi connectivity index (χ1n) is 5.70. The Kier molecular flexibility index (Phi) is 3.36. The summed E-state index contributed by atoms with van der Waals surface area (Å²) in [5.41, 5.74) is 1.49. The molecule has 0 aromatic rings. The summed E-state index contributed by atoms with van der Waals surface area (Å²) in [6.07, 6.45) is 7.94. The van der Waals surface area contributed by atoms with Gasteiger partial charge in [0.05, 0.1) is 0 Å². The molecule has 0 amide bonds. The fourth-order valence-corrected chi connectivity index (χ4v) is 2.28. The third kappa shape index (κ3) is 2.80. The van der Waals surface area contributed by atoms with Gasteiger partial charge >= 0.3 is 0 Å². The Labute approximate surface area is 81.0 Å². The monoisotopic (exact) mass is 180 g/mol. The second-order valence-corrected chi connectivity index (χ2v) is 4.20. The van der Waals surface area contributed by atoms with Crippen LogP contribution in [0.2, 0.25) is 0 Å². The molecule has 0 aromatic heterocycles. The summed E-state index contributed by atoms with van der Waals surface area (Å²) < 4.78 is 0. The first kappa shape index (κ1) is 9.20. The largest absolute Gasteiger partial charge is 0.303 e. The average Bonchev–Trinajstić information content (AvgIpc) is 2.17. The van der Waals surface area contributed by atoms with Crippen LogP contribution < -0.4 is 0 Å². The van der Waals surface area contributed by atoms with E-state index in [4.69, 9.17) is 0 Å². The quantitative estimate of drug-likeness (QED) is 0.557. The zero-order valence-electron chi connectivity index (χ0n) is 8.47. The number of fused-ring (bicyclic) bond motifs is 3. The van der Waals surface area contributed by atoms with E-state index < -0.39 is 0 Å². The molecule has 2 bridgehead atoms. The molecule has 2 rings (SSSR count). The standard InChI is InChI=1S/C11H20N2/c1-2-5-11-6-10-13(8-3-1)9-4-7-12-11/h1-10H2. The summed E-state index contributed by atoms with van der Waals surface area (Å²) in [5.74, 6) is 0. The highest BCUT2D eigenvalue weighted by molar-refractivity contribution is 5.84. The molecule has 0 saturated carbocycles. The van der Waals surface area contributed by atoms with Crippen LogP contribution in [-0.2, 0) is 0 Å². The Morgan fingerprint density at radius 3 is 2.77 bits per heavy atom. The molecular weight excluding hydrogens is 160 g/mol. The fourth-order valence-electron chi connectivity index (χ4n) is 2.28. The molecule has 1 saturated heterocycles. The van der Waals surface area contributed by atoms with E-state index in [1.807, 2.05) is 0 Å². The minimum Gasteiger partial charge on any atom is -0.303 e. The van der Waals surface area contributed by atoms with Crippen molar-refractivity contribution in [2.24, 2.45) is 4.99 Å². The first-order valence-corrected chi connectivity index (χ1v) is 5.70. The van der Waals surface area contributed by atoms with Crippen LogP contribution in [0.3, 0.4) is 0 Å². The lowest BCUT2D eigenvalue weighted by Gasteiger charge is -2.22. The van der Waals surface area contributed by atoms with Crippen LogP contribution in [0, 0.1) is 0 Å². The molecule has 2 aliphatic heterocycles. The lowest BCUT2D eigenvalue weighted by atomic mass is 10.1. The van der Waals surface area contributed by atoms with E-state index in [2.05, 4.69) is 9.89 Å². The third-order valence-electron chi connectivity index (χ3n) is 3.12. The van der Waals surface area contributed by atoms with E-state index >= 15 is 0 Å². The summed E-state index contributed by atoms with van der Waals surface area (Å²) in [6.45, 7) is 4.94. The van der Waals surface area contributed by atoms with Crippen LogP contribution in [0.1, 0.15) is 38.5 Å². The van der Waals surface area contributed by atoms with Crippen LogP contribution in [0.15, 0.2) is 4.99 Å². The van der Waals surface area contributed by atoms with E-state index in [-0.39, 0.29) is 0 Å². The molecule has 2 heteroatoms. The number of hydrogen-bond acceptors (Lipinski definition) is 2. The van der Waals surface area contributed by atoms with Crippen molar-refractivity contribution in [3.63, 3.8) is 0 Å². The molecule has 13 heavy (non-hydrogen) atoms. The molecule has 2 aliphatic rings. The van der Waals surface area contributed by atoms with E-state index in [1.54, 1.807) is 0 Å². The SMILES string of the molecule is C1CCC2=NCCCN(CC1)CC2. The van der Waals surface area contributed by atoms with Gasteiger partial charge in [0.2, 0.25) is 0 Å². The number of rotatable bonds is 0. The van der Waals surface area contributed by atoms with Crippen LogP contribution in [-0.4, -0.2) is 36.8 Å². The molecular formula is C11H20N2. The predicted octanol–water partition coefficient (Wildman–Crippen LogP) is 2.10. The molecule has 1 fully saturated rings. The van der Waals surface area contributed by atoms with Crippen LogP contribution in [0.5, 0.6) is 0 Å². The summed E-state index contributed by atoms with van der Waals surface area (Å²) >= 11 is 0. The molecule has 74 valence electrons. The Hall–Kier alpha value is -0.370. The van der Waals surface area contributed by atoms with Gasteiger partial charge in [-0.1, -0.05) is 6.42 Å². The summed E-state index contributed by atoms with van der Waals surface area (Å²) in [4.78, 5) is 7.30. The summed E-state index contributed by atoms with van der Waals surface area (Å²) in [7, 11) is 0. The molecule has 0 N–H and O–H groups in total. The van der Waals surface area contributed by atoms with Crippen LogP contribution in [0.25, 0.3) is 0 Å². The number of aliphatic imine (C=N–C) groups is 1. The number of hydrogen-bond donors (Lipinski definition) is 0. The van der Waals surface area contributed by atoms with Gasteiger partial charge in [0, 0.05) is 18.8 Å². The smallest absolute Gasteiger partial charge is 0.0400 e. The van der Waals surface area contributed by atoms with E-state index in [0.717, 1.165) is 6.54 Å². The highest BCUT2D eigenvalue weighted by atomic mass is 15.1. The highest BCUT2D eigenvalue weighted by Crippen LogP contribution is 2.12. The Balaban J connectivity index is 2.02. The van der Waals surface area contributed by atoms with Gasteiger partial charge in [-0.25, -0.2) is 0 Å². The van der Waals surface area contributed by atoms with Crippen molar-refractivity contribution in [1.29, 1.82) is 0 Å². The van der Waals surface area contributed by atoms with Gasteiger partial charge in [0.1, 0.15) is 0 Å². The van der Waals surface area contributed by atoms with E-state index in [1.165, 1.54) is 63.9 Å². The number of nitrogens with zero attached hydrogens (tertiary/aromatic N) is 2. The van der Waals surface area contributed by atoms with Crippen molar-refractivity contribution >= 4 is 5.71 Å². The minimum absolute atomic E-state index is 1.08. The fraction of sp³-hybridized carbons (Fsp3) is 0.909. The van der Waals surface area contributed by atoms with Crippen molar-refractivity contribution in [2.75, 3.05) is 26.2 Å². The maximum atomic E-state index is 4.67. The molecule has 1 atom stereocenters. The second kappa shape index (κ2) is 4.75. The van der Waals surface area contributed by atoms with Crippen molar-refractivity contribution in [3.05, 3.63) is 0 Å². The summed E-state index contributed by atoms with van der Waals surface area (Å²) in [5, 5.41) is 0. The summed E-state index contributed by atoms with van der Waals surface area (Å²) in [6, 6.07) is 0. The zero-order chi connectivity index (χ0) is 8.93. The van der Waals surface area contributed by atoms with E-state index in [0.29, 0.717) is 0 Å². The van der Waals surface area contributed by atoms with Gasteiger partial charge in [0.15, 0.2) is 0 Å². The molecule has 0 aliphatic carbocycles. The van der Waals surface area contributed by atoms with Crippen molar-refractivity contribution < 1.29 is 0 Å². The van der Waals surface area contributed by atoms with Gasteiger partial charge in [-0.15, -0.1) is 0 Å². The van der Waals surface area contributed by atoms with Crippen LogP contribution >= 0.6 is 0 Å². The molecule has 0 radical (unpaired) electrons.